The van der Waals surface area contributed by atoms with Gasteiger partial charge in [0.15, 0.2) is 11.6 Å². The maximum atomic E-state index is 13.0. The van der Waals surface area contributed by atoms with Gasteiger partial charge in [-0.2, -0.15) is 0 Å². The van der Waals surface area contributed by atoms with E-state index in [1.54, 1.807) is 0 Å². The molecule has 4 nitrogen and oxygen atoms in total. The van der Waals surface area contributed by atoms with Crippen LogP contribution in [0.2, 0.25) is 0 Å². The second-order valence-corrected chi connectivity index (χ2v) is 8.59. The Bertz CT molecular complexity index is 641. The number of nitrogens with zero attached hydrogens (tertiary/aromatic N) is 1. The van der Waals surface area contributed by atoms with Crippen LogP contribution < -0.4 is 4.74 Å². The van der Waals surface area contributed by atoms with Gasteiger partial charge in [0.05, 0.1) is 11.5 Å². The first-order valence-electron chi connectivity index (χ1n) is 7.38. The van der Waals surface area contributed by atoms with E-state index in [1.807, 2.05) is 0 Å². The molecular formula is C15H19F2NO3S. The van der Waals surface area contributed by atoms with Crippen molar-refractivity contribution < 1.29 is 21.9 Å². The molecule has 0 unspecified atom stereocenters. The molecule has 0 radical (unpaired) electrons. The molecule has 2 aliphatic rings. The molecule has 2 fully saturated rings. The van der Waals surface area contributed by atoms with Gasteiger partial charge >= 0.3 is 0 Å². The Morgan fingerprint density at radius 3 is 2.45 bits per heavy atom. The van der Waals surface area contributed by atoms with Crippen LogP contribution in [0, 0.1) is 17.0 Å². The Hall–Kier alpha value is -1.21. The van der Waals surface area contributed by atoms with E-state index in [2.05, 4.69) is 4.90 Å². The topological polar surface area (TPSA) is 46.6 Å². The lowest BCUT2D eigenvalue weighted by Gasteiger charge is -2.52. The summed E-state index contributed by atoms with van der Waals surface area (Å²) in [6, 6.07) is 3.49. The average Bonchev–Trinajstić information content (AvgIpc) is 2.43. The Morgan fingerprint density at radius 1 is 1.14 bits per heavy atom. The zero-order valence-electron chi connectivity index (χ0n) is 12.2. The van der Waals surface area contributed by atoms with Crippen molar-refractivity contribution in [3.05, 3.63) is 29.8 Å². The minimum absolute atomic E-state index is 0.160. The van der Waals surface area contributed by atoms with E-state index in [1.165, 1.54) is 6.07 Å². The second kappa shape index (κ2) is 5.77. The van der Waals surface area contributed by atoms with Gasteiger partial charge in [-0.3, -0.25) is 4.90 Å². The summed E-state index contributed by atoms with van der Waals surface area (Å²) in [6.45, 7) is 2.89. The molecule has 2 heterocycles. The Kier molecular flexibility index (Phi) is 4.11. The molecule has 1 aromatic rings. The molecule has 1 spiro atoms. The van der Waals surface area contributed by atoms with Crippen LogP contribution in [0.25, 0.3) is 0 Å². The van der Waals surface area contributed by atoms with Crippen molar-refractivity contribution in [1.82, 2.24) is 4.90 Å². The number of hydrogen-bond donors (Lipinski definition) is 0. The standard InChI is InChI=1S/C15H19F2NO3S/c16-13-2-1-12(9-14(13)17)21-6-5-18-10-15(11-18)3-7-22(19,20)8-4-15/h1-2,9H,3-8,10-11H2. The first kappa shape index (κ1) is 15.7. The van der Waals surface area contributed by atoms with Gasteiger partial charge in [0.25, 0.3) is 0 Å². The van der Waals surface area contributed by atoms with Gasteiger partial charge in [-0.15, -0.1) is 0 Å². The molecular weight excluding hydrogens is 312 g/mol. The van der Waals surface area contributed by atoms with Crippen molar-refractivity contribution in [2.75, 3.05) is 37.7 Å². The highest BCUT2D eigenvalue weighted by Gasteiger charge is 2.45. The third-order valence-corrected chi connectivity index (χ3v) is 6.22. The van der Waals surface area contributed by atoms with E-state index in [-0.39, 0.29) is 5.41 Å². The highest BCUT2D eigenvalue weighted by atomic mass is 32.2. The van der Waals surface area contributed by atoms with Crippen molar-refractivity contribution >= 4 is 9.84 Å². The summed E-state index contributed by atoms with van der Waals surface area (Å²) in [5, 5.41) is 0. The first-order valence-corrected chi connectivity index (χ1v) is 9.20. The normalized spacial score (nSPS) is 23.2. The minimum atomic E-state index is -2.82. The summed E-state index contributed by atoms with van der Waals surface area (Å²) in [6.07, 6.45) is 1.49. The van der Waals surface area contributed by atoms with Gasteiger partial charge in [0, 0.05) is 25.7 Å². The highest BCUT2D eigenvalue weighted by molar-refractivity contribution is 7.91. The third-order valence-electron chi connectivity index (χ3n) is 4.57. The van der Waals surface area contributed by atoms with E-state index in [0.717, 1.165) is 38.1 Å². The van der Waals surface area contributed by atoms with E-state index in [0.29, 0.717) is 30.4 Å². The number of ether oxygens (including phenoxy) is 1. The van der Waals surface area contributed by atoms with Gasteiger partial charge in [0.2, 0.25) is 0 Å². The molecule has 2 aliphatic heterocycles. The van der Waals surface area contributed by atoms with Crippen molar-refractivity contribution in [3.8, 4) is 5.75 Å². The molecule has 0 aromatic heterocycles. The highest BCUT2D eigenvalue weighted by Crippen LogP contribution is 2.40. The summed E-state index contributed by atoms with van der Waals surface area (Å²) in [5.41, 5.74) is 0.160. The number of hydrogen-bond acceptors (Lipinski definition) is 4. The van der Waals surface area contributed by atoms with Crippen LogP contribution in [-0.2, 0) is 9.84 Å². The van der Waals surface area contributed by atoms with Gasteiger partial charge in [-0.05, 0) is 30.4 Å². The smallest absolute Gasteiger partial charge is 0.162 e. The van der Waals surface area contributed by atoms with E-state index in [4.69, 9.17) is 4.74 Å². The summed E-state index contributed by atoms with van der Waals surface area (Å²) >= 11 is 0. The van der Waals surface area contributed by atoms with E-state index >= 15 is 0 Å². The molecule has 7 heteroatoms. The number of halogens is 2. The van der Waals surface area contributed by atoms with Crippen LogP contribution in [-0.4, -0.2) is 51.1 Å². The molecule has 0 amide bonds. The molecule has 122 valence electrons. The quantitative estimate of drug-likeness (QED) is 0.845. The Balaban J connectivity index is 1.41. The van der Waals surface area contributed by atoms with Gasteiger partial charge in [-0.1, -0.05) is 0 Å². The molecule has 2 saturated heterocycles. The maximum absolute atomic E-state index is 13.0. The number of likely N-dealkylation sites (tertiary alicyclic amines) is 1. The molecule has 1 aromatic carbocycles. The predicted molar refractivity (Wildman–Crippen MR) is 78.6 cm³/mol. The van der Waals surface area contributed by atoms with Crippen molar-refractivity contribution in [3.63, 3.8) is 0 Å². The lowest BCUT2D eigenvalue weighted by atomic mass is 9.75. The van der Waals surface area contributed by atoms with Gasteiger partial charge in [-0.25, -0.2) is 17.2 Å². The monoisotopic (exact) mass is 331 g/mol. The summed E-state index contributed by atoms with van der Waals surface area (Å²) in [7, 11) is -2.82. The SMILES string of the molecule is O=S1(=O)CCC2(CC1)CN(CCOc1ccc(F)c(F)c1)C2. The van der Waals surface area contributed by atoms with Crippen molar-refractivity contribution in [1.29, 1.82) is 0 Å². The maximum Gasteiger partial charge on any atom is 0.162 e. The molecule has 0 atom stereocenters. The van der Waals surface area contributed by atoms with Crippen LogP contribution in [0.4, 0.5) is 8.78 Å². The lowest BCUT2D eigenvalue weighted by Crippen LogP contribution is -2.59. The molecule has 0 bridgehead atoms. The van der Waals surface area contributed by atoms with Crippen LogP contribution >= 0.6 is 0 Å². The lowest BCUT2D eigenvalue weighted by molar-refractivity contribution is -0.0141. The fourth-order valence-electron chi connectivity index (χ4n) is 3.21. The first-order chi connectivity index (χ1) is 10.4. The molecule has 22 heavy (non-hydrogen) atoms. The molecule has 0 saturated carbocycles. The van der Waals surface area contributed by atoms with Crippen LogP contribution in [0.15, 0.2) is 18.2 Å². The summed E-state index contributed by atoms with van der Waals surface area (Å²) in [4.78, 5) is 2.21. The van der Waals surface area contributed by atoms with Gasteiger partial charge < -0.3 is 4.74 Å². The number of rotatable bonds is 4. The fourth-order valence-corrected chi connectivity index (χ4v) is 4.90. The number of benzene rings is 1. The minimum Gasteiger partial charge on any atom is -0.492 e. The summed E-state index contributed by atoms with van der Waals surface area (Å²) in [5.74, 6) is -0.885. The molecule has 0 N–H and O–H groups in total. The van der Waals surface area contributed by atoms with Crippen LogP contribution in [0.5, 0.6) is 5.75 Å². The third kappa shape index (κ3) is 3.41. The molecule has 0 aliphatic carbocycles. The van der Waals surface area contributed by atoms with Crippen molar-refractivity contribution in [2.45, 2.75) is 12.8 Å². The predicted octanol–water partition coefficient (Wildman–Crippen LogP) is 1.85. The Morgan fingerprint density at radius 2 is 1.82 bits per heavy atom. The summed E-state index contributed by atoms with van der Waals surface area (Å²) < 4.78 is 54.1. The largest absolute Gasteiger partial charge is 0.492 e. The van der Waals surface area contributed by atoms with E-state index in [9.17, 15) is 17.2 Å². The fraction of sp³-hybridized carbons (Fsp3) is 0.600. The zero-order valence-corrected chi connectivity index (χ0v) is 13.0. The van der Waals surface area contributed by atoms with Crippen LogP contribution in [0.3, 0.4) is 0 Å². The zero-order chi connectivity index (χ0) is 15.8. The Labute approximate surface area is 129 Å². The average molecular weight is 331 g/mol. The molecule has 3 rings (SSSR count). The number of sulfone groups is 1. The van der Waals surface area contributed by atoms with Gasteiger partial charge in [0.1, 0.15) is 22.2 Å². The van der Waals surface area contributed by atoms with Crippen LogP contribution in [0.1, 0.15) is 12.8 Å². The second-order valence-electron chi connectivity index (χ2n) is 6.29. The van der Waals surface area contributed by atoms with Crippen molar-refractivity contribution in [2.24, 2.45) is 5.41 Å². The van der Waals surface area contributed by atoms with E-state index < -0.39 is 21.5 Å².